The van der Waals surface area contributed by atoms with Crippen molar-refractivity contribution < 1.29 is 24.3 Å². The van der Waals surface area contributed by atoms with Gasteiger partial charge in [0.25, 0.3) is 11.9 Å². The molecule has 2 rings (SSSR count). The predicted octanol–water partition coefficient (Wildman–Crippen LogP) is -0.0933. The first-order chi connectivity index (χ1) is 11.2. The number of thiocarbonyl (C=S) groups is 1. The molecule has 0 bridgehead atoms. The summed E-state index contributed by atoms with van der Waals surface area (Å²) >= 11 is 4.77. The molecule has 0 aliphatic carbocycles. The molecule has 9 nitrogen and oxygen atoms in total. The largest absolute Gasteiger partial charge is 0.480 e. The highest BCUT2D eigenvalue weighted by Gasteiger charge is 2.51. The molecule has 1 atom stereocenters. The lowest BCUT2D eigenvalue weighted by molar-refractivity contribution is -0.147. The van der Waals surface area contributed by atoms with Crippen LogP contribution < -0.4 is 16.0 Å². The van der Waals surface area contributed by atoms with Gasteiger partial charge in [0, 0.05) is 0 Å². The van der Waals surface area contributed by atoms with E-state index in [9.17, 15) is 19.2 Å². The van der Waals surface area contributed by atoms with E-state index in [0.29, 0.717) is 6.42 Å². The lowest BCUT2D eigenvalue weighted by Gasteiger charge is -2.38. The molecule has 1 saturated heterocycles. The number of aliphatic hydroxyl groups excluding tert-OH is 1. The summed E-state index contributed by atoms with van der Waals surface area (Å²) in [6, 6.07) is -0.615. The predicted molar refractivity (Wildman–Crippen MR) is 88.9 cm³/mol. The molecule has 2 aliphatic heterocycles. The SMILES string of the molecule is CCC(C)C1(CC)C(=O)NC(=S)NC1=O.O=C1CC(=O)NC(O)=N1. The van der Waals surface area contributed by atoms with Gasteiger partial charge in [0.2, 0.25) is 17.7 Å². The standard InChI is InChI=1S/C10H16N2O2S.C4H4N2O3/c1-4-6(3)10(5-2)7(13)11-9(15)12-8(10)14;7-2-1-3(8)6-4(9)5-2/h6H,4-5H2,1-3H3,(H2,11,12,13,14,15);1H2,(H2,5,6,7,8,9). The van der Waals surface area contributed by atoms with Gasteiger partial charge in [-0.05, 0) is 24.6 Å². The molecule has 0 radical (unpaired) electrons. The van der Waals surface area contributed by atoms with Gasteiger partial charge in [-0.3, -0.25) is 24.5 Å². The minimum atomic E-state index is -0.961. The fraction of sp³-hybridized carbons (Fsp3) is 0.571. The third kappa shape index (κ3) is 4.13. The normalized spacial score (nSPS) is 20.8. The molecule has 0 saturated carbocycles. The summed E-state index contributed by atoms with van der Waals surface area (Å²) in [5.41, 5.74) is -0.961. The minimum absolute atomic E-state index is 0.00519. The zero-order chi connectivity index (χ0) is 18.5. The molecule has 0 aromatic rings. The second-order valence-corrected chi connectivity index (χ2v) is 5.83. The first-order valence-electron chi connectivity index (χ1n) is 7.44. The molecule has 4 N–H and O–H groups in total. The average molecular weight is 356 g/mol. The molecule has 1 fully saturated rings. The molecule has 1 unspecified atom stereocenters. The molecule has 132 valence electrons. The monoisotopic (exact) mass is 356 g/mol. The molecule has 2 heterocycles. The second-order valence-electron chi connectivity index (χ2n) is 5.43. The van der Waals surface area contributed by atoms with Crippen LogP contribution in [0.2, 0.25) is 0 Å². The highest BCUT2D eigenvalue weighted by molar-refractivity contribution is 7.80. The number of nitrogens with one attached hydrogen (secondary N) is 3. The smallest absolute Gasteiger partial charge is 0.296 e. The number of carbonyl (C=O) groups excluding carboxylic acids is 4. The Kier molecular flexibility index (Phi) is 6.52. The number of hydrogen-bond donors (Lipinski definition) is 4. The summed E-state index contributed by atoms with van der Waals surface area (Å²) < 4.78 is 0. The Bertz CT molecular complexity index is 596. The van der Waals surface area contributed by atoms with Gasteiger partial charge in [-0.2, -0.15) is 4.99 Å². The van der Waals surface area contributed by atoms with Crippen molar-refractivity contribution in [2.75, 3.05) is 0 Å². The van der Waals surface area contributed by atoms with Gasteiger partial charge in [-0.1, -0.05) is 27.2 Å². The maximum absolute atomic E-state index is 11.9. The third-order valence-electron chi connectivity index (χ3n) is 4.07. The van der Waals surface area contributed by atoms with Gasteiger partial charge >= 0.3 is 0 Å². The minimum Gasteiger partial charge on any atom is -0.480 e. The molecule has 24 heavy (non-hydrogen) atoms. The van der Waals surface area contributed by atoms with Crippen molar-refractivity contribution in [1.82, 2.24) is 16.0 Å². The van der Waals surface area contributed by atoms with E-state index in [1.807, 2.05) is 26.1 Å². The summed E-state index contributed by atoms with van der Waals surface area (Å²) in [5, 5.41) is 15.6. The van der Waals surface area contributed by atoms with Crippen LogP contribution in [-0.2, 0) is 19.2 Å². The maximum atomic E-state index is 11.9. The van der Waals surface area contributed by atoms with E-state index in [-0.39, 0.29) is 29.3 Å². The number of amidine groups is 1. The highest BCUT2D eigenvalue weighted by atomic mass is 32.1. The number of amides is 4. The fourth-order valence-electron chi connectivity index (χ4n) is 2.52. The van der Waals surface area contributed by atoms with Crippen LogP contribution >= 0.6 is 12.2 Å². The number of nitrogens with zero attached hydrogens (tertiary/aromatic N) is 1. The lowest BCUT2D eigenvalue weighted by atomic mass is 9.70. The molecule has 0 aromatic heterocycles. The van der Waals surface area contributed by atoms with Crippen molar-refractivity contribution in [3.8, 4) is 0 Å². The van der Waals surface area contributed by atoms with Crippen molar-refractivity contribution in [1.29, 1.82) is 0 Å². The van der Waals surface area contributed by atoms with Gasteiger partial charge in [0.15, 0.2) is 5.11 Å². The molecule has 0 aromatic carbocycles. The van der Waals surface area contributed by atoms with Crippen LogP contribution in [-0.4, -0.2) is 39.9 Å². The molecule has 10 heteroatoms. The Morgan fingerprint density at radius 2 is 1.71 bits per heavy atom. The van der Waals surface area contributed by atoms with Crippen LogP contribution in [0.4, 0.5) is 0 Å². The molecule has 2 aliphatic rings. The summed E-state index contributed by atoms with van der Waals surface area (Å²) in [6.07, 6.45) is 0.994. The Labute approximate surface area is 144 Å². The fourth-order valence-corrected chi connectivity index (χ4v) is 2.71. The Hall–Kier alpha value is -2.36. The third-order valence-corrected chi connectivity index (χ3v) is 4.27. The van der Waals surface area contributed by atoms with Crippen LogP contribution in [0.3, 0.4) is 0 Å². The Morgan fingerprint density at radius 1 is 1.17 bits per heavy atom. The first-order valence-corrected chi connectivity index (χ1v) is 7.85. The van der Waals surface area contributed by atoms with E-state index < -0.39 is 23.3 Å². The van der Waals surface area contributed by atoms with Gasteiger partial charge in [0.1, 0.15) is 11.8 Å². The van der Waals surface area contributed by atoms with Crippen molar-refractivity contribution in [3.63, 3.8) is 0 Å². The quantitative estimate of drug-likeness (QED) is 0.412. The van der Waals surface area contributed by atoms with Crippen LogP contribution in [0.15, 0.2) is 4.99 Å². The summed E-state index contributed by atoms with van der Waals surface area (Å²) in [7, 11) is 0. The second kappa shape index (κ2) is 7.95. The van der Waals surface area contributed by atoms with Gasteiger partial charge in [0.05, 0.1) is 0 Å². The molecular formula is C14H20N4O5S. The zero-order valence-electron chi connectivity index (χ0n) is 13.6. The lowest BCUT2D eigenvalue weighted by Crippen LogP contribution is -2.64. The van der Waals surface area contributed by atoms with E-state index in [4.69, 9.17) is 17.3 Å². The van der Waals surface area contributed by atoms with Crippen LogP contribution in [0, 0.1) is 11.3 Å². The van der Waals surface area contributed by atoms with E-state index >= 15 is 0 Å². The van der Waals surface area contributed by atoms with Crippen molar-refractivity contribution in [3.05, 3.63) is 0 Å². The number of hydrogen-bond acceptors (Lipinski definition) is 5. The average Bonchev–Trinajstić information content (AvgIpc) is 2.46. The van der Waals surface area contributed by atoms with E-state index in [2.05, 4.69) is 15.6 Å². The number of aliphatic hydroxyl groups is 1. The maximum Gasteiger partial charge on any atom is 0.296 e. The Morgan fingerprint density at radius 3 is 2.08 bits per heavy atom. The van der Waals surface area contributed by atoms with Gasteiger partial charge in [-0.15, -0.1) is 0 Å². The first kappa shape index (κ1) is 19.7. The number of rotatable bonds is 3. The topological polar surface area (TPSA) is 137 Å². The summed E-state index contributed by atoms with van der Waals surface area (Å²) in [5.74, 6) is -1.67. The number of carbonyl (C=O) groups is 4. The van der Waals surface area contributed by atoms with Crippen LogP contribution in [0.1, 0.15) is 40.0 Å². The van der Waals surface area contributed by atoms with E-state index in [1.54, 1.807) is 0 Å². The van der Waals surface area contributed by atoms with E-state index in [0.717, 1.165) is 6.42 Å². The number of aliphatic imine (C=N–C) groups is 1. The molecular weight excluding hydrogens is 336 g/mol. The zero-order valence-corrected chi connectivity index (χ0v) is 14.5. The van der Waals surface area contributed by atoms with Gasteiger partial charge < -0.3 is 15.7 Å². The van der Waals surface area contributed by atoms with Gasteiger partial charge in [-0.25, -0.2) is 0 Å². The summed E-state index contributed by atoms with van der Waals surface area (Å²) in [6.45, 7) is 5.73. The van der Waals surface area contributed by atoms with Crippen molar-refractivity contribution in [2.24, 2.45) is 16.3 Å². The highest BCUT2D eigenvalue weighted by Crippen LogP contribution is 2.35. The van der Waals surface area contributed by atoms with Crippen LogP contribution in [0.5, 0.6) is 0 Å². The van der Waals surface area contributed by atoms with E-state index in [1.165, 1.54) is 0 Å². The Balaban J connectivity index is 0.000000272. The summed E-state index contributed by atoms with van der Waals surface area (Å²) in [4.78, 5) is 47.4. The van der Waals surface area contributed by atoms with Crippen molar-refractivity contribution >= 4 is 47.0 Å². The molecule has 4 amide bonds. The van der Waals surface area contributed by atoms with Crippen LogP contribution in [0.25, 0.3) is 0 Å². The molecule has 0 spiro atoms. The van der Waals surface area contributed by atoms with Crippen molar-refractivity contribution in [2.45, 2.75) is 40.0 Å².